The number of rotatable bonds is 5. The van der Waals surface area contributed by atoms with Gasteiger partial charge in [-0.3, -0.25) is 4.79 Å². The first kappa shape index (κ1) is 13.7. The zero-order chi connectivity index (χ0) is 14.0. The monoisotopic (exact) mass is 296 g/mol. The second-order valence-corrected chi connectivity index (χ2v) is 5.94. The molecule has 0 aliphatic rings. The molecule has 19 heavy (non-hydrogen) atoms. The average Bonchev–Trinajstić information content (AvgIpc) is 2.92. The van der Waals surface area contributed by atoms with Crippen LogP contribution >= 0.6 is 22.7 Å². The average molecular weight is 296 g/mol. The summed E-state index contributed by atoms with van der Waals surface area (Å²) < 4.78 is 0. The van der Waals surface area contributed by atoms with Crippen LogP contribution in [0.3, 0.4) is 0 Å². The van der Waals surface area contributed by atoms with Gasteiger partial charge in [0.15, 0.2) is 16.6 Å². The zero-order valence-electron chi connectivity index (χ0n) is 10.4. The van der Waals surface area contributed by atoms with Gasteiger partial charge in [-0.05, 0) is 23.9 Å². The quantitative estimate of drug-likeness (QED) is 0.829. The second kappa shape index (κ2) is 5.50. The van der Waals surface area contributed by atoms with Gasteiger partial charge in [-0.1, -0.05) is 11.3 Å². The molecule has 0 radical (unpaired) electrons. The summed E-state index contributed by atoms with van der Waals surface area (Å²) in [6, 6.07) is 2.02. The SMILES string of the molecule is CC(=O)c1sc(NCc2sccc2C)nc1C(=O)O. The summed E-state index contributed by atoms with van der Waals surface area (Å²) in [5, 5.41) is 14.5. The number of carboxylic acids is 1. The van der Waals surface area contributed by atoms with E-state index in [9.17, 15) is 9.59 Å². The predicted octanol–water partition coefficient (Wildman–Crippen LogP) is 3.03. The summed E-state index contributed by atoms with van der Waals surface area (Å²) in [5.74, 6) is -1.46. The van der Waals surface area contributed by atoms with Crippen LogP contribution in [0.25, 0.3) is 0 Å². The number of hydrogen-bond donors (Lipinski definition) is 2. The van der Waals surface area contributed by atoms with Crippen molar-refractivity contribution < 1.29 is 14.7 Å². The number of thiazole rings is 1. The Morgan fingerprint density at radius 2 is 2.21 bits per heavy atom. The Balaban J connectivity index is 2.18. The molecule has 0 atom stereocenters. The molecule has 0 aromatic carbocycles. The molecular formula is C12H12N2O3S2. The van der Waals surface area contributed by atoms with E-state index in [-0.39, 0.29) is 16.4 Å². The second-order valence-electron chi connectivity index (χ2n) is 3.94. The van der Waals surface area contributed by atoms with Gasteiger partial charge in [-0.25, -0.2) is 9.78 Å². The molecular weight excluding hydrogens is 284 g/mol. The maximum absolute atomic E-state index is 11.4. The molecule has 0 bridgehead atoms. The number of Topliss-reactive ketones (excluding diaryl/α,β-unsaturated/α-hetero) is 1. The standard InChI is InChI=1S/C12H12N2O3S2/c1-6-3-4-18-8(6)5-13-12-14-9(11(16)17)10(19-12)7(2)15/h3-4H,5H2,1-2H3,(H,13,14)(H,16,17). The summed E-state index contributed by atoms with van der Waals surface area (Å²) in [5.41, 5.74) is 1.00. The summed E-state index contributed by atoms with van der Waals surface area (Å²) in [7, 11) is 0. The fourth-order valence-electron chi connectivity index (χ4n) is 1.52. The zero-order valence-corrected chi connectivity index (χ0v) is 12.0. The van der Waals surface area contributed by atoms with E-state index in [4.69, 9.17) is 5.11 Å². The number of aromatic carboxylic acids is 1. The van der Waals surface area contributed by atoms with Gasteiger partial charge in [-0.15, -0.1) is 11.3 Å². The third kappa shape index (κ3) is 2.99. The van der Waals surface area contributed by atoms with Gasteiger partial charge in [0.25, 0.3) is 0 Å². The van der Waals surface area contributed by atoms with Crippen molar-refractivity contribution in [2.24, 2.45) is 0 Å². The molecule has 2 aromatic rings. The van der Waals surface area contributed by atoms with Crippen molar-refractivity contribution in [3.8, 4) is 0 Å². The Labute approximate surface area is 117 Å². The lowest BCUT2D eigenvalue weighted by Gasteiger charge is -2.00. The molecule has 2 heterocycles. The molecule has 7 heteroatoms. The van der Waals surface area contributed by atoms with Crippen LogP contribution in [0.2, 0.25) is 0 Å². The molecule has 2 N–H and O–H groups in total. The van der Waals surface area contributed by atoms with Gasteiger partial charge in [0.1, 0.15) is 4.88 Å². The van der Waals surface area contributed by atoms with Crippen molar-refractivity contribution in [1.82, 2.24) is 4.98 Å². The van der Waals surface area contributed by atoms with E-state index in [0.717, 1.165) is 16.2 Å². The Bertz CT molecular complexity index is 599. The number of thiophene rings is 1. The molecule has 0 fully saturated rings. The van der Waals surface area contributed by atoms with E-state index in [1.165, 1.54) is 12.5 Å². The number of aromatic nitrogens is 1. The van der Waals surface area contributed by atoms with Crippen molar-refractivity contribution >= 4 is 39.6 Å². The number of nitrogens with one attached hydrogen (secondary N) is 1. The molecule has 0 aliphatic heterocycles. The van der Waals surface area contributed by atoms with Crippen LogP contribution in [0.5, 0.6) is 0 Å². The highest BCUT2D eigenvalue weighted by atomic mass is 32.1. The number of carbonyl (C=O) groups excluding carboxylic acids is 1. The minimum Gasteiger partial charge on any atom is -0.476 e. The lowest BCUT2D eigenvalue weighted by atomic mass is 10.3. The maximum atomic E-state index is 11.4. The fourth-order valence-corrected chi connectivity index (χ4v) is 3.21. The van der Waals surface area contributed by atoms with Gasteiger partial charge in [0.05, 0.1) is 6.54 Å². The van der Waals surface area contributed by atoms with E-state index in [1.54, 1.807) is 11.3 Å². The summed E-state index contributed by atoms with van der Waals surface area (Å²) in [6.07, 6.45) is 0. The number of anilines is 1. The minimum atomic E-state index is -1.18. The van der Waals surface area contributed by atoms with Gasteiger partial charge >= 0.3 is 5.97 Å². The molecule has 5 nitrogen and oxygen atoms in total. The van der Waals surface area contributed by atoms with Crippen LogP contribution in [0.1, 0.15) is 37.5 Å². The number of carboxylic acid groups (broad SMARTS) is 1. The number of hydrogen-bond acceptors (Lipinski definition) is 6. The molecule has 0 unspecified atom stereocenters. The smallest absolute Gasteiger partial charge is 0.356 e. The van der Waals surface area contributed by atoms with Crippen LogP contribution < -0.4 is 5.32 Å². The van der Waals surface area contributed by atoms with Gasteiger partial charge in [0.2, 0.25) is 0 Å². The third-order valence-corrected chi connectivity index (χ3v) is 4.65. The van der Waals surface area contributed by atoms with Crippen molar-refractivity contribution in [2.45, 2.75) is 20.4 Å². The lowest BCUT2D eigenvalue weighted by molar-refractivity contribution is 0.0687. The van der Waals surface area contributed by atoms with Crippen molar-refractivity contribution in [3.63, 3.8) is 0 Å². The topological polar surface area (TPSA) is 79.3 Å². The molecule has 2 aromatic heterocycles. The van der Waals surface area contributed by atoms with E-state index >= 15 is 0 Å². The molecule has 0 saturated heterocycles. The van der Waals surface area contributed by atoms with E-state index < -0.39 is 5.97 Å². The Kier molecular flexibility index (Phi) is 3.96. The highest BCUT2D eigenvalue weighted by molar-refractivity contribution is 7.17. The molecule has 2 rings (SSSR count). The predicted molar refractivity (Wildman–Crippen MR) is 75.5 cm³/mol. The number of ketones is 1. The minimum absolute atomic E-state index is 0.178. The van der Waals surface area contributed by atoms with Crippen LogP contribution in [0, 0.1) is 6.92 Å². The summed E-state index contributed by atoms with van der Waals surface area (Å²) in [6.45, 7) is 3.93. The molecule has 0 saturated carbocycles. The third-order valence-electron chi connectivity index (χ3n) is 2.52. The first-order valence-electron chi connectivity index (χ1n) is 5.51. The fraction of sp³-hybridized carbons (Fsp3) is 0.250. The van der Waals surface area contributed by atoms with Crippen LogP contribution in [-0.2, 0) is 6.54 Å². The van der Waals surface area contributed by atoms with Crippen LogP contribution in [0.15, 0.2) is 11.4 Å². The summed E-state index contributed by atoms with van der Waals surface area (Å²) in [4.78, 5) is 27.6. The highest BCUT2D eigenvalue weighted by Gasteiger charge is 2.20. The summed E-state index contributed by atoms with van der Waals surface area (Å²) >= 11 is 2.70. The van der Waals surface area contributed by atoms with Crippen LogP contribution in [-0.4, -0.2) is 21.8 Å². The van der Waals surface area contributed by atoms with Gasteiger partial charge in [0, 0.05) is 11.8 Å². The Morgan fingerprint density at radius 3 is 2.68 bits per heavy atom. The normalized spacial score (nSPS) is 10.4. The highest BCUT2D eigenvalue weighted by Crippen LogP contribution is 2.25. The maximum Gasteiger partial charge on any atom is 0.356 e. The Morgan fingerprint density at radius 1 is 1.47 bits per heavy atom. The van der Waals surface area contributed by atoms with Crippen molar-refractivity contribution in [2.75, 3.05) is 5.32 Å². The van der Waals surface area contributed by atoms with E-state index in [1.807, 2.05) is 18.4 Å². The van der Waals surface area contributed by atoms with Crippen molar-refractivity contribution in [3.05, 3.63) is 32.5 Å². The van der Waals surface area contributed by atoms with Gasteiger partial charge in [-0.2, -0.15) is 0 Å². The largest absolute Gasteiger partial charge is 0.476 e. The first-order valence-corrected chi connectivity index (χ1v) is 7.20. The molecule has 0 aliphatic carbocycles. The number of aryl methyl sites for hydroxylation is 1. The number of carbonyl (C=O) groups is 2. The van der Waals surface area contributed by atoms with E-state index in [2.05, 4.69) is 10.3 Å². The van der Waals surface area contributed by atoms with Crippen molar-refractivity contribution in [1.29, 1.82) is 0 Å². The molecule has 100 valence electrons. The lowest BCUT2D eigenvalue weighted by Crippen LogP contribution is -2.04. The Hall–Kier alpha value is -1.73. The molecule has 0 amide bonds. The first-order chi connectivity index (χ1) is 8.99. The number of nitrogens with zero attached hydrogens (tertiary/aromatic N) is 1. The molecule has 0 spiro atoms. The van der Waals surface area contributed by atoms with Gasteiger partial charge < -0.3 is 10.4 Å². The van der Waals surface area contributed by atoms with Crippen LogP contribution in [0.4, 0.5) is 5.13 Å². The van der Waals surface area contributed by atoms with E-state index in [0.29, 0.717) is 11.7 Å².